The van der Waals surface area contributed by atoms with Gasteiger partial charge in [0.25, 0.3) is 0 Å². The normalized spacial score (nSPS) is 27.4. The van der Waals surface area contributed by atoms with Gasteiger partial charge in [-0.25, -0.2) is 0 Å². The second-order valence-corrected chi connectivity index (χ2v) is 5.26. The van der Waals surface area contributed by atoms with Crippen LogP contribution in [0.1, 0.15) is 46.5 Å². The van der Waals surface area contributed by atoms with Crippen LogP contribution in [0, 0.1) is 0 Å². The first-order valence-electron chi connectivity index (χ1n) is 7.20. The van der Waals surface area contributed by atoms with E-state index in [1.54, 1.807) is 0 Å². The summed E-state index contributed by atoms with van der Waals surface area (Å²) in [5.74, 6) is 0. The molecule has 0 saturated heterocycles. The number of hydrogen-bond acceptors (Lipinski definition) is 3. The van der Waals surface area contributed by atoms with Crippen LogP contribution in [0.4, 0.5) is 0 Å². The van der Waals surface area contributed by atoms with Gasteiger partial charge in [-0.15, -0.1) is 0 Å². The molecule has 1 atom stereocenters. The van der Waals surface area contributed by atoms with Crippen LogP contribution in [0.3, 0.4) is 0 Å². The van der Waals surface area contributed by atoms with Crippen LogP contribution >= 0.6 is 0 Å². The lowest BCUT2D eigenvalue weighted by Crippen LogP contribution is -2.45. The number of hydrogen-bond donors (Lipinski definition) is 1. The van der Waals surface area contributed by atoms with Crippen LogP contribution in [-0.4, -0.2) is 49.8 Å². The minimum absolute atomic E-state index is 0.506. The van der Waals surface area contributed by atoms with Gasteiger partial charge < -0.3 is 15.0 Å². The van der Waals surface area contributed by atoms with Gasteiger partial charge in [-0.1, -0.05) is 13.8 Å². The van der Waals surface area contributed by atoms with Crippen LogP contribution in [0.2, 0.25) is 0 Å². The molecule has 1 fully saturated rings. The Kier molecular flexibility index (Phi) is 7.09. The lowest BCUT2D eigenvalue weighted by molar-refractivity contribution is 0.0607. The van der Waals surface area contributed by atoms with Crippen molar-refractivity contribution >= 4 is 0 Å². The molecule has 1 aliphatic carbocycles. The van der Waals surface area contributed by atoms with Crippen molar-refractivity contribution in [3.05, 3.63) is 0 Å². The third kappa shape index (κ3) is 5.36. The highest BCUT2D eigenvalue weighted by Crippen LogP contribution is 2.20. The molecule has 17 heavy (non-hydrogen) atoms. The molecule has 1 N–H and O–H groups in total. The highest BCUT2D eigenvalue weighted by molar-refractivity contribution is 4.80. The Balaban J connectivity index is 2.20. The zero-order chi connectivity index (χ0) is 12.7. The smallest absolute Gasteiger partial charge is 0.0572 e. The SMILES string of the molecule is CCN(CC)CC(C)NC1CCC(OC)CC1. The highest BCUT2D eigenvalue weighted by Gasteiger charge is 2.22. The maximum Gasteiger partial charge on any atom is 0.0572 e. The van der Waals surface area contributed by atoms with Crippen molar-refractivity contribution in [3.63, 3.8) is 0 Å². The number of methoxy groups -OCH3 is 1. The maximum atomic E-state index is 5.41. The first-order valence-corrected chi connectivity index (χ1v) is 7.20. The predicted molar refractivity (Wildman–Crippen MR) is 73.4 cm³/mol. The quantitative estimate of drug-likeness (QED) is 0.741. The van der Waals surface area contributed by atoms with E-state index < -0.39 is 0 Å². The number of ether oxygens (including phenoxy) is 1. The van der Waals surface area contributed by atoms with Gasteiger partial charge in [0, 0.05) is 25.7 Å². The predicted octanol–water partition coefficient (Wildman–Crippen LogP) is 2.26. The van der Waals surface area contributed by atoms with Gasteiger partial charge in [0.1, 0.15) is 0 Å². The molecule has 3 nitrogen and oxygen atoms in total. The van der Waals surface area contributed by atoms with E-state index in [0.717, 1.165) is 19.6 Å². The van der Waals surface area contributed by atoms with E-state index in [2.05, 4.69) is 31.0 Å². The first kappa shape index (κ1) is 14.9. The molecule has 1 aliphatic rings. The fourth-order valence-corrected chi connectivity index (χ4v) is 2.79. The van der Waals surface area contributed by atoms with E-state index in [1.807, 2.05) is 7.11 Å². The maximum absolute atomic E-state index is 5.41. The summed E-state index contributed by atoms with van der Waals surface area (Å²) >= 11 is 0. The van der Waals surface area contributed by atoms with Crippen LogP contribution < -0.4 is 5.32 Å². The average Bonchev–Trinajstić information content (AvgIpc) is 2.37. The largest absolute Gasteiger partial charge is 0.381 e. The van der Waals surface area contributed by atoms with E-state index >= 15 is 0 Å². The summed E-state index contributed by atoms with van der Waals surface area (Å²) in [6, 6.07) is 1.30. The molecule has 0 heterocycles. The minimum Gasteiger partial charge on any atom is -0.381 e. The van der Waals surface area contributed by atoms with Crippen molar-refractivity contribution in [2.24, 2.45) is 0 Å². The van der Waals surface area contributed by atoms with Crippen LogP contribution in [-0.2, 0) is 4.74 Å². The summed E-state index contributed by atoms with van der Waals surface area (Å²) in [4.78, 5) is 2.48. The summed E-state index contributed by atoms with van der Waals surface area (Å²) in [7, 11) is 1.83. The van der Waals surface area contributed by atoms with E-state index in [-0.39, 0.29) is 0 Å². The van der Waals surface area contributed by atoms with Gasteiger partial charge in [0.05, 0.1) is 6.10 Å². The van der Waals surface area contributed by atoms with Crippen molar-refractivity contribution in [1.82, 2.24) is 10.2 Å². The zero-order valence-electron chi connectivity index (χ0n) is 12.0. The Morgan fingerprint density at radius 1 is 1.18 bits per heavy atom. The van der Waals surface area contributed by atoms with Gasteiger partial charge in [-0.2, -0.15) is 0 Å². The third-order valence-electron chi connectivity index (χ3n) is 3.95. The molecular weight excluding hydrogens is 212 g/mol. The van der Waals surface area contributed by atoms with Crippen molar-refractivity contribution < 1.29 is 4.74 Å². The molecule has 0 radical (unpaired) electrons. The van der Waals surface area contributed by atoms with Gasteiger partial charge in [-0.05, 0) is 45.7 Å². The van der Waals surface area contributed by atoms with Crippen molar-refractivity contribution in [2.75, 3.05) is 26.7 Å². The van der Waals surface area contributed by atoms with Crippen LogP contribution in [0.5, 0.6) is 0 Å². The number of nitrogens with zero attached hydrogens (tertiary/aromatic N) is 1. The molecule has 3 heteroatoms. The number of nitrogens with one attached hydrogen (secondary N) is 1. The third-order valence-corrected chi connectivity index (χ3v) is 3.95. The standard InChI is InChI=1S/C14H30N2O/c1-5-16(6-2)11-12(3)15-13-7-9-14(17-4)10-8-13/h12-15H,5-11H2,1-4H3. The fourth-order valence-electron chi connectivity index (χ4n) is 2.79. The van der Waals surface area contributed by atoms with E-state index in [0.29, 0.717) is 18.2 Å². The molecule has 0 aromatic rings. The van der Waals surface area contributed by atoms with E-state index in [1.165, 1.54) is 25.7 Å². The number of rotatable bonds is 7. The molecule has 0 aromatic carbocycles. The average molecular weight is 242 g/mol. The van der Waals surface area contributed by atoms with Crippen molar-refractivity contribution in [1.29, 1.82) is 0 Å². The summed E-state index contributed by atoms with van der Waals surface area (Å²) in [5, 5.41) is 3.77. The Hall–Kier alpha value is -0.120. The summed E-state index contributed by atoms with van der Waals surface area (Å²) < 4.78 is 5.41. The lowest BCUT2D eigenvalue weighted by atomic mass is 9.92. The Morgan fingerprint density at radius 3 is 2.24 bits per heavy atom. The van der Waals surface area contributed by atoms with Gasteiger partial charge in [0.15, 0.2) is 0 Å². The number of likely N-dealkylation sites (N-methyl/N-ethyl adjacent to an activating group) is 1. The lowest BCUT2D eigenvalue weighted by Gasteiger charge is -2.32. The fraction of sp³-hybridized carbons (Fsp3) is 1.00. The van der Waals surface area contributed by atoms with Crippen molar-refractivity contribution in [3.8, 4) is 0 Å². The van der Waals surface area contributed by atoms with E-state index in [9.17, 15) is 0 Å². The molecule has 0 aliphatic heterocycles. The Morgan fingerprint density at radius 2 is 1.76 bits per heavy atom. The first-order chi connectivity index (χ1) is 8.19. The monoisotopic (exact) mass is 242 g/mol. The minimum atomic E-state index is 0.506. The topological polar surface area (TPSA) is 24.5 Å². The second kappa shape index (κ2) is 8.06. The zero-order valence-corrected chi connectivity index (χ0v) is 12.0. The second-order valence-electron chi connectivity index (χ2n) is 5.26. The molecule has 0 bridgehead atoms. The molecule has 1 saturated carbocycles. The summed E-state index contributed by atoms with van der Waals surface area (Å²) in [5.41, 5.74) is 0. The van der Waals surface area contributed by atoms with Gasteiger partial charge in [0.2, 0.25) is 0 Å². The van der Waals surface area contributed by atoms with E-state index in [4.69, 9.17) is 4.74 Å². The van der Waals surface area contributed by atoms with Crippen LogP contribution in [0.15, 0.2) is 0 Å². The highest BCUT2D eigenvalue weighted by atomic mass is 16.5. The molecule has 1 unspecified atom stereocenters. The molecule has 0 aromatic heterocycles. The molecular formula is C14H30N2O. The Bertz CT molecular complexity index is 187. The van der Waals surface area contributed by atoms with Crippen molar-refractivity contribution in [2.45, 2.75) is 64.6 Å². The summed E-state index contributed by atoms with van der Waals surface area (Å²) in [6.45, 7) is 10.2. The Labute approximate surface area is 107 Å². The molecule has 102 valence electrons. The molecule has 0 amide bonds. The van der Waals surface area contributed by atoms with Gasteiger partial charge >= 0.3 is 0 Å². The van der Waals surface area contributed by atoms with Crippen LogP contribution in [0.25, 0.3) is 0 Å². The van der Waals surface area contributed by atoms with Gasteiger partial charge in [-0.3, -0.25) is 0 Å². The summed E-state index contributed by atoms with van der Waals surface area (Å²) in [6.07, 6.45) is 5.46. The molecule has 0 spiro atoms. The molecule has 1 rings (SSSR count).